The maximum atomic E-state index is 5.98. The summed E-state index contributed by atoms with van der Waals surface area (Å²) in [6.07, 6.45) is 2.59. The molecule has 2 saturated heterocycles. The summed E-state index contributed by atoms with van der Waals surface area (Å²) in [5.41, 5.74) is -0.0903. The number of rotatable bonds is 2. The Balaban J connectivity index is 0.00000144. The Labute approximate surface area is 112 Å². The molecule has 2 rings (SSSR count). The fraction of sp³-hybridized carbons (Fsp3) is 1.00. The average Bonchev–Trinajstić information content (AvgIpc) is 2.60. The smallest absolute Gasteiger partial charge is 0.120 e. The first kappa shape index (κ1) is 15.2. The van der Waals surface area contributed by atoms with Crippen LogP contribution < -0.4 is 5.32 Å². The fourth-order valence-electron chi connectivity index (χ4n) is 3.03. The third-order valence-corrected chi connectivity index (χ3v) is 4.13. The minimum Gasteiger partial charge on any atom is -0.359 e. The highest BCUT2D eigenvalue weighted by Gasteiger charge is 2.42. The summed E-state index contributed by atoms with van der Waals surface area (Å²) in [5.74, 6) is 0.633. The lowest BCUT2D eigenvalue weighted by molar-refractivity contribution is -0.0693. The van der Waals surface area contributed by atoms with Crippen LogP contribution in [0.2, 0.25) is 0 Å². The van der Waals surface area contributed by atoms with E-state index >= 15 is 0 Å². The van der Waals surface area contributed by atoms with Crippen LogP contribution in [0.3, 0.4) is 0 Å². The highest BCUT2D eigenvalue weighted by Crippen LogP contribution is 2.32. The van der Waals surface area contributed by atoms with Crippen molar-refractivity contribution in [3.05, 3.63) is 0 Å². The SMILES string of the molecule is CC1COC(C)(C2CCCN(C(C)C)C2)N1.Cl. The fourth-order valence-corrected chi connectivity index (χ4v) is 3.03. The maximum absolute atomic E-state index is 5.98. The molecule has 0 spiro atoms. The third kappa shape index (κ3) is 3.34. The molecule has 4 heteroatoms. The topological polar surface area (TPSA) is 24.5 Å². The van der Waals surface area contributed by atoms with Crippen molar-refractivity contribution < 1.29 is 4.74 Å². The van der Waals surface area contributed by atoms with Gasteiger partial charge in [0.25, 0.3) is 0 Å². The Morgan fingerprint density at radius 3 is 2.65 bits per heavy atom. The molecule has 1 N–H and O–H groups in total. The van der Waals surface area contributed by atoms with Crippen LogP contribution in [-0.2, 0) is 4.74 Å². The van der Waals surface area contributed by atoms with E-state index in [4.69, 9.17) is 4.74 Å². The molecule has 0 aliphatic carbocycles. The van der Waals surface area contributed by atoms with Crippen molar-refractivity contribution in [3.63, 3.8) is 0 Å². The van der Waals surface area contributed by atoms with Crippen LogP contribution in [0.4, 0.5) is 0 Å². The molecule has 0 bridgehead atoms. The molecule has 3 atom stereocenters. The summed E-state index contributed by atoms with van der Waals surface area (Å²) < 4.78 is 5.98. The summed E-state index contributed by atoms with van der Waals surface area (Å²) in [4.78, 5) is 2.58. The molecule has 2 fully saturated rings. The number of ether oxygens (including phenoxy) is 1. The monoisotopic (exact) mass is 262 g/mol. The Morgan fingerprint density at radius 1 is 1.41 bits per heavy atom. The zero-order chi connectivity index (χ0) is 11.8. The number of hydrogen-bond acceptors (Lipinski definition) is 3. The Hall–Kier alpha value is 0.170. The first-order chi connectivity index (χ1) is 7.51. The number of nitrogens with one attached hydrogen (secondary N) is 1. The first-order valence-electron chi connectivity index (χ1n) is 6.67. The van der Waals surface area contributed by atoms with Crippen molar-refractivity contribution in [2.24, 2.45) is 5.92 Å². The summed E-state index contributed by atoms with van der Waals surface area (Å²) in [7, 11) is 0. The molecular weight excluding hydrogens is 236 g/mol. The van der Waals surface area contributed by atoms with E-state index in [-0.39, 0.29) is 18.1 Å². The largest absolute Gasteiger partial charge is 0.359 e. The van der Waals surface area contributed by atoms with Crippen LogP contribution in [0.25, 0.3) is 0 Å². The average molecular weight is 263 g/mol. The van der Waals surface area contributed by atoms with Gasteiger partial charge in [-0.2, -0.15) is 0 Å². The highest BCUT2D eigenvalue weighted by atomic mass is 35.5. The minimum absolute atomic E-state index is 0. The summed E-state index contributed by atoms with van der Waals surface area (Å²) in [6, 6.07) is 1.16. The Bertz CT molecular complexity index is 250. The molecule has 0 saturated carbocycles. The lowest BCUT2D eigenvalue weighted by Gasteiger charge is -2.42. The van der Waals surface area contributed by atoms with Gasteiger partial charge in [0.05, 0.1) is 6.61 Å². The second-order valence-corrected chi connectivity index (χ2v) is 5.89. The lowest BCUT2D eigenvalue weighted by atomic mass is 9.88. The highest BCUT2D eigenvalue weighted by molar-refractivity contribution is 5.85. The van der Waals surface area contributed by atoms with Gasteiger partial charge in [-0.1, -0.05) is 0 Å². The van der Waals surface area contributed by atoms with E-state index in [0.29, 0.717) is 18.0 Å². The van der Waals surface area contributed by atoms with Crippen LogP contribution in [-0.4, -0.2) is 42.4 Å². The molecule has 0 aromatic rings. The molecule has 0 radical (unpaired) electrons. The number of halogens is 1. The molecule has 2 heterocycles. The Kier molecular flexibility index (Phi) is 5.26. The van der Waals surface area contributed by atoms with Crippen molar-refractivity contribution in [1.29, 1.82) is 0 Å². The van der Waals surface area contributed by atoms with E-state index in [1.807, 2.05) is 0 Å². The van der Waals surface area contributed by atoms with Gasteiger partial charge < -0.3 is 9.64 Å². The molecule has 3 nitrogen and oxygen atoms in total. The minimum atomic E-state index is -0.0903. The van der Waals surface area contributed by atoms with Crippen molar-refractivity contribution >= 4 is 12.4 Å². The molecule has 0 amide bonds. The van der Waals surface area contributed by atoms with Gasteiger partial charge in [0.2, 0.25) is 0 Å². The molecular formula is C13H27ClN2O. The summed E-state index contributed by atoms with van der Waals surface area (Å²) >= 11 is 0. The van der Waals surface area contributed by atoms with Crippen LogP contribution in [0.15, 0.2) is 0 Å². The Morgan fingerprint density at radius 2 is 2.12 bits per heavy atom. The number of hydrogen-bond donors (Lipinski definition) is 1. The van der Waals surface area contributed by atoms with Gasteiger partial charge >= 0.3 is 0 Å². The predicted molar refractivity (Wildman–Crippen MR) is 73.6 cm³/mol. The van der Waals surface area contributed by atoms with E-state index in [2.05, 4.69) is 37.9 Å². The summed E-state index contributed by atoms with van der Waals surface area (Å²) in [5, 5.41) is 3.61. The van der Waals surface area contributed by atoms with Crippen LogP contribution in [0, 0.1) is 5.92 Å². The predicted octanol–water partition coefficient (Wildman–Crippen LogP) is 2.25. The van der Waals surface area contributed by atoms with E-state index in [9.17, 15) is 0 Å². The van der Waals surface area contributed by atoms with E-state index in [1.54, 1.807) is 0 Å². The molecule has 2 aliphatic heterocycles. The zero-order valence-corrected chi connectivity index (χ0v) is 12.3. The van der Waals surface area contributed by atoms with Gasteiger partial charge in [0.1, 0.15) is 5.72 Å². The van der Waals surface area contributed by atoms with Gasteiger partial charge in [0, 0.05) is 24.5 Å². The van der Waals surface area contributed by atoms with E-state index < -0.39 is 0 Å². The number of piperidine rings is 1. The number of nitrogens with zero attached hydrogens (tertiary/aromatic N) is 1. The zero-order valence-electron chi connectivity index (χ0n) is 11.5. The second kappa shape index (κ2) is 5.87. The third-order valence-electron chi connectivity index (χ3n) is 4.13. The maximum Gasteiger partial charge on any atom is 0.120 e. The van der Waals surface area contributed by atoms with Crippen molar-refractivity contribution in [1.82, 2.24) is 10.2 Å². The van der Waals surface area contributed by atoms with Crippen LogP contribution >= 0.6 is 12.4 Å². The molecule has 3 unspecified atom stereocenters. The van der Waals surface area contributed by atoms with Gasteiger partial charge in [-0.15, -0.1) is 12.4 Å². The van der Waals surface area contributed by atoms with Crippen molar-refractivity contribution in [2.45, 2.75) is 58.3 Å². The van der Waals surface area contributed by atoms with Crippen molar-refractivity contribution in [2.75, 3.05) is 19.7 Å². The van der Waals surface area contributed by atoms with Gasteiger partial charge in [-0.25, -0.2) is 0 Å². The van der Waals surface area contributed by atoms with Crippen LogP contribution in [0.5, 0.6) is 0 Å². The van der Waals surface area contributed by atoms with Gasteiger partial charge in [0.15, 0.2) is 0 Å². The standard InChI is InChI=1S/C13H26N2O.ClH/c1-10(2)15-7-5-6-12(8-15)13(4)14-11(3)9-16-13;/h10-12,14H,5-9H2,1-4H3;1H. The molecule has 102 valence electrons. The molecule has 0 aromatic heterocycles. The summed E-state index contributed by atoms with van der Waals surface area (Å²) in [6.45, 7) is 12.3. The number of likely N-dealkylation sites (tertiary alicyclic amines) is 1. The van der Waals surface area contributed by atoms with E-state index in [1.165, 1.54) is 25.9 Å². The molecule has 0 aromatic carbocycles. The second-order valence-electron chi connectivity index (χ2n) is 5.89. The normalized spacial score (nSPS) is 39.4. The van der Waals surface area contributed by atoms with Gasteiger partial charge in [-0.3, -0.25) is 5.32 Å². The molecule has 2 aliphatic rings. The van der Waals surface area contributed by atoms with E-state index in [0.717, 1.165) is 6.61 Å². The quantitative estimate of drug-likeness (QED) is 0.826. The van der Waals surface area contributed by atoms with Crippen molar-refractivity contribution in [3.8, 4) is 0 Å². The first-order valence-corrected chi connectivity index (χ1v) is 6.67. The van der Waals surface area contributed by atoms with Gasteiger partial charge in [-0.05, 0) is 47.1 Å². The lowest BCUT2D eigenvalue weighted by Crippen LogP contribution is -2.54. The molecule has 17 heavy (non-hydrogen) atoms. The van der Waals surface area contributed by atoms with Crippen LogP contribution in [0.1, 0.15) is 40.5 Å².